The predicted molar refractivity (Wildman–Crippen MR) is 44.7 cm³/mol. The molecule has 66 valence electrons. The van der Waals surface area contributed by atoms with Crippen LogP contribution in [0.4, 0.5) is 13.2 Å². The second kappa shape index (κ2) is 3.46. The second-order valence-corrected chi connectivity index (χ2v) is 3.09. The lowest BCUT2D eigenvalue weighted by Crippen LogP contribution is -2.13. The number of halogens is 4. The highest BCUT2D eigenvalue weighted by Crippen LogP contribution is 2.19. The summed E-state index contributed by atoms with van der Waals surface area (Å²) in [6.07, 6.45) is -2.87. The number of rotatable bonds is 1. The van der Waals surface area contributed by atoms with Crippen LogP contribution in [0.1, 0.15) is 12.0 Å². The molecule has 1 aromatic rings. The first kappa shape index (κ1) is 9.56. The van der Waals surface area contributed by atoms with E-state index in [1.165, 1.54) is 22.6 Å². The molecule has 0 spiro atoms. The smallest absolute Gasteiger partial charge is 0.270 e. The van der Waals surface area contributed by atoms with Crippen molar-refractivity contribution in [1.29, 1.82) is 0 Å². The summed E-state index contributed by atoms with van der Waals surface area (Å²) in [6.45, 7) is 0. The summed E-state index contributed by atoms with van der Waals surface area (Å²) in [4.78, 5) is 12.8. The van der Waals surface area contributed by atoms with Gasteiger partial charge >= 0.3 is 0 Å². The molecule has 0 atom stereocenters. The number of H-pyrrole nitrogens is 1. The maximum absolute atomic E-state index is 12.4. The van der Waals surface area contributed by atoms with Gasteiger partial charge in [0, 0.05) is 6.07 Å². The van der Waals surface area contributed by atoms with Crippen molar-refractivity contribution < 1.29 is 13.2 Å². The first-order valence-electron chi connectivity index (χ1n) is 2.88. The minimum atomic E-state index is -2.87. The van der Waals surface area contributed by atoms with Crippen molar-refractivity contribution in [3.05, 3.63) is 31.5 Å². The van der Waals surface area contributed by atoms with E-state index in [1.54, 1.807) is 0 Å². The zero-order chi connectivity index (χ0) is 9.30. The van der Waals surface area contributed by atoms with Gasteiger partial charge in [-0.05, 0) is 22.6 Å². The van der Waals surface area contributed by atoms with Gasteiger partial charge in [-0.15, -0.1) is 0 Å². The molecule has 0 amide bonds. The standard InChI is InChI=1S/C6H3F3INO/c7-3-1-2(12)4(5(8)9)6(10)11-3/h1,5H,(H,11,12). The number of aromatic amines is 1. The van der Waals surface area contributed by atoms with Crippen molar-refractivity contribution in [3.8, 4) is 0 Å². The van der Waals surface area contributed by atoms with Crippen LogP contribution < -0.4 is 5.43 Å². The lowest BCUT2D eigenvalue weighted by Gasteiger charge is -2.00. The van der Waals surface area contributed by atoms with Gasteiger partial charge in [0.15, 0.2) is 11.4 Å². The fourth-order valence-electron chi connectivity index (χ4n) is 0.713. The monoisotopic (exact) mass is 289 g/mol. The SMILES string of the molecule is O=c1cc(F)[nH]c(I)c1C(F)F. The molecule has 1 N–H and O–H groups in total. The number of hydrogen-bond donors (Lipinski definition) is 1. The summed E-state index contributed by atoms with van der Waals surface area (Å²) in [6, 6.07) is 0.504. The molecular weight excluding hydrogens is 286 g/mol. The molecule has 0 unspecified atom stereocenters. The molecule has 0 radical (unpaired) electrons. The van der Waals surface area contributed by atoms with Crippen molar-refractivity contribution in [2.75, 3.05) is 0 Å². The molecule has 0 aliphatic rings. The van der Waals surface area contributed by atoms with Crippen LogP contribution in [0.2, 0.25) is 0 Å². The first-order chi connectivity index (χ1) is 5.52. The van der Waals surface area contributed by atoms with E-state index in [9.17, 15) is 18.0 Å². The van der Waals surface area contributed by atoms with Gasteiger partial charge in [0.1, 0.15) is 0 Å². The molecule has 1 rings (SSSR count). The molecule has 12 heavy (non-hydrogen) atoms. The third-order valence-electron chi connectivity index (χ3n) is 1.21. The Hall–Kier alpha value is -0.530. The average molecular weight is 289 g/mol. The summed E-state index contributed by atoms with van der Waals surface area (Å²) < 4.78 is 36.4. The lowest BCUT2D eigenvalue weighted by atomic mass is 10.3. The highest BCUT2D eigenvalue weighted by Gasteiger charge is 2.16. The minimum absolute atomic E-state index is 0.160. The Bertz CT molecular complexity index is 349. The van der Waals surface area contributed by atoms with Crippen LogP contribution in [0, 0.1) is 9.65 Å². The van der Waals surface area contributed by atoms with Gasteiger partial charge in [-0.1, -0.05) is 0 Å². The Morgan fingerprint density at radius 3 is 2.50 bits per heavy atom. The van der Waals surface area contributed by atoms with Crippen LogP contribution in [0.3, 0.4) is 0 Å². The van der Waals surface area contributed by atoms with Gasteiger partial charge in [0.25, 0.3) is 6.43 Å². The summed E-state index contributed by atoms with van der Waals surface area (Å²) in [7, 11) is 0. The van der Waals surface area contributed by atoms with E-state index in [0.29, 0.717) is 6.07 Å². The molecule has 0 fully saturated rings. The van der Waals surface area contributed by atoms with Crippen molar-refractivity contribution in [1.82, 2.24) is 4.98 Å². The zero-order valence-corrected chi connectivity index (χ0v) is 7.73. The number of alkyl halides is 2. The summed E-state index contributed by atoms with van der Waals surface area (Å²) >= 11 is 1.45. The fourth-order valence-corrected chi connectivity index (χ4v) is 1.47. The van der Waals surface area contributed by atoms with Gasteiger partial charge in [0.05, 0.1) is 9.26 Å². The van der Waals surface area contributed by atoms with E-state index in [1.807, 2.05) is 4.98 Å². The zero-order valence-electron chi connectivity index (χ0n) is 5.57. The normalized spacial score (nSPS) is 10.8. The van der Waals surface area contributed by atoms with E-state index in [0.717, 1.165) is 0 Å². The topological polar surface area (TPSA) is 32.9 Å². The molecule has 1 aromatic heterocycles. The van der Waals surface area contributed by atoms with E-state index in [2.05, 4.69) is 0 Å². The van der Waals surface area contributed by atoms with Crippen molar-refractivity contribution in [3.63, 3.8) is 0 Å². The van der Waals surface area contributed by atoms with E-state index < -0.39 is 23.4 Å². The number of nitrogens with one attached hydrogen (secondary N) is 1. The molecular formula is C6H3F3INO. The quantitative estimate of drug-likeness (QED) is 0.623. The summed E-state index contributed by atoms with van der Waals surface area (Å²) in [5.74, 6) is -0.909. The molecule has 6 heteroatoms. The Kier molecular flexibility index (Phi) is 2.76. The molecule has 0 bridgehead atoms. The van der Waals surface area contributed by atoms with Crippen molar-refractivity contribution >= 4 is 22.6 Å². The lowest BCUT2D eigenvalue weighted by molar-refractivity contribution is 0.148. The molecule has 0 saturated carbocycles. The fraction of sp³-hybridized carbons (Fsp3) is 0.167. The Balaban J connectivity index is 3.39. The number of pyridine rings is 1. The highest BCUT2D eigenvalue weighted by atomic mass is 127. The molecule has 1 heterocycles. The summed E-state index contributed by atoms with van der Waals surface area (Å²) in [5.41, 5.74) is -1.66. The third-order valence-corrected chi connectivity index (χ3v) is 2.06. The van der Waals surface area contributed by atoms with Crippen LogP contribution >= 0.6 is 22.6 Å². The average Bonchev–Trinajstić information content (AvgIpc) is 1.82. The molecule has 2 nitrogen and oxygen atoms in total. The van der Waals surface area contributed by atoms with Crippen LogP contribution in [0.5, 0.6) is 0 Å². The maximum atomic E-state index is 12.4. The van der Waals surface area contributed by atoms with Gasteiger partial charge in [0.2, 0.25) is 0 Å². The Labute approximate surface area is 78.9 Å². The van der Waals surface area contributed by atoms with E-state index in [-0.39, 0.29) is 3.70 Å². The van der Waals surface area contributed by atoms with Crippen LogP contribution in [0.25, 0.3) is 0 Å². The van der Waals surface area contributed by atoms with Crippen LogP contribution in [0.15, 0.2) is 10.9 Å². The second-order valence-electron chi connectivity index (χ2n) is 2.01. The van der Waals surface area contributed by atoms with E-state index in [4.69, 9.17) is 0 Å². The van der Waals surface area contributed by atoms with Gasteiger partial charge in [-0.3, -0.25) is 4.79 Å². The molecule has 0 aromatic carbocycles. The number of aromatic nitrogens is 1. The predicted octanol–water partition coefficient (Wildman–Crippen LogP) is 2.06. The molecule has 0 saturated heterocycles. The summed E-state index contributed by atoms with van der Waals surface area (Å²) in [5, 5.41) is 0. The van der Waals surface area contributed by atoms with Crippen LogP contribution in [-0.4, -0.2) is 4.98 Å². The maximum Gasteiger partial charge on any atom is 0.270 e. The Morgan fingerprint density at radius 2 is 2.08 bits per heavy atom. The number of hydrogen-bond acceptors (Lipinski definition) is 1. The van der Waals surface area contributed by atoms with E-state index >= 15 is 0 Å². The highest BCUT2D eigenvalue weighted by molar-refractivity contribution is 14.1. The first-order valence-corrected chi connectivity index (χ1v) is 3.96. The van der Waals surface area contributed by atoms with Gasteiger partial charge in [-0.25, -0.2) is 8.78 Å². The third kappa shape index (κ3) is 1.79. The van der Waals surface area contributed by atoms with Gasteiger partial charge < -0.3 is 4.98 Å². The van der Waals surface area contributed by atoms with Gasteiger partial charge in [-0.2, -0.15) is 4.39 Å². The molecule has 0 aliphatic heterocycles. The van der Waals surface area contributed by atoms with Crippen molar-refractivity contribution in [2.24, 2.45) is 0 Å². The minimum Gasteiger partial charge on any atom is -0.326 e. The largest absolute Gasteiger partial charge is 0.326 e. The Morgan fingerprint density at radius 1 is 1.50 bits per heavy atom. The van der Waals surface area contributed by atoms with Crippen LogP contribution in [-0.2, 0) is 0 Å². The molecule has 0 aliphatic carbocycles. The van der Waals surface area contributed by atoms with Crippen molar-refractivity contribution in [2.45, 2.75) is 6.43 Å².